The average molecular weight is 291 g/mol. The highest BCUT2D eigenvalue weighted by Crippen LogP contribution is 2.29. The lowest BCUT2D eigenvalue weighted by molar-refractivity contribution is -0.144. The standard InChI is InChI=1S/C17H25NO3/c1-12(2)21-15-8-4-7-14(10-15)16(17(19)20)18-9-5-6-13(3)11-18/h4,7-8,10,12-13,16H,5-6,9,11H2,1-3H3,(H,19,20). The van der Waals surface area contributed by atoms with Crippen LogP contribution in [0.15, 0.2) is 24.3 Å². The van der Waals surface area contributed by atoms with Crippen LogP contribution >= 0.6 is 0 Å². The average Bonchev–Trinajstić information content (AvgIpc) is 2.38. The van der Waals surface area contributed by atoms with Crippen LogP contribution in [-0.4, -0.2) is 35.2 Å². The number of carboxylic acid groups (broad SMARTS) is 1. The lowest BCUT2D eigenvalue weighted by Gasteiger charge is -2.35. The number of piperidine rings is 1. The van der Waals surface area contributed by atoms with Crippen molar-refractivity contribution in [2.45, 2.75) is 45.8 Å². The minimum absolute atomic E-state index is 0.0820. The first kappa shape index (κ1) is 15.8. The second kappa shape index (κ2) is 6.94. The molecule has 1 heterocycles. The first-order valence-corrected chi connectivity index (χ1v) is 7.71. The minimum atomic E-state index is -0.786. The van der Waals surface area contributed by atoms with Crippen molar-refractivity contribution in [2.75, 3.05) is 13.1 Å². The van der Waals surface area contributed by atoms with Crippen LogP contribution < -0.4 is 4.74 Å². The first-order chi connectivity index (χ1) is 9.97. The number of likely N-dealkylation sites (tertiary alicyclic amines) is 1. The lowest BCUT2D eigenvalue weighted by Crippen LogP contribution is -2.40. The van der Waals surface area contributed by atoms with E-state index in [0.717, 1.165) is 30.8 Å². The predicted molar refractivity (Wildman–Crippen MR) is 82.6 cm³/mol. The highest BCUT2D eigenvalue weighted by atomic mass is 16.5. The Balaban J connectivity index is 2.23. The van der Waals surface area contributed by atoms with Crippen LogP contribution in [0.2, 0.25) is 0 Å². The molecule has 0 radical (unpaired) electrons. The number of aliphatic carboxylic acids is 1. The molecular formula is C17H25NO3. The molecule has 116 valence electrons. The summed E-state index contributed by atoms with van der Waals surface area (Å²) in [4.78, 5) is 13.8. The summed E-state index contributed by atoms with van der Waals surface area (Å²) in [7, 11) is 0. The van der Waals surface area contributed by atoms with Gasteiger partial charge in [0.25, 0.3) is 0 Å². The zero-order valence-corrected chi connectivity index (χ0v) is 13.1. The van der Waals surface area contributed by atoms with Crippen LogP contribution in [0, 0.1) is 5.92 Å². The quantitative estimate of drug-likeness (QED) is 0.904. The van der Waals surface area contributed by atoms with E-state index in [1.165, 1.54) is 6.42 Å². The van der Waals surface area contributed by atoms with Crippen LogP contribution in [0.1, 0.15) is 45.2 Å². The lowest BCUT2D eigenvalue weighted by atomic mass is 9.96. The van der Waals surface area contributed by atoms with Gasteiger partial charge in [0.15, 0.2) is 0 Å². The van der Waals surface area contributed by atoms with Crippen molar-refractivity contribution in [3.8, 4) is 5.75 Å². The van der Waals surface area contributed by atoms with Gasteiger partial charge >= 0.3 is 5.97 Å². The molecule has 21 heavy (non-hydrogen) atoms. The summed E-state index contributed by atoms with van der Waals surface area (Å²) >= 11 is 0. The highest BCUT2D eigenvalue weighted by molar-refractivity contribution is 5.75. The number of rotatable bonds is 5. The normalized spacial score (nSPS) is 21.2. The highest BCUT2D eigenvalue weighted by Gasteiger charge is 2.30. The van der Waals surface area contributed by atoms with E-state index in [9.17, 15) is 9.90 Å². The van der Waals surface area contributed by atoms with Crippen LogP contribution in [0.4, 0.5) is 0 Å². The molecular weight excluding hydrogens is 266 g/mol. The molecule has 2 rings (SSSR count). The number of carboxylic acids is 1. The van der Waals surface area contributed by atoms with Gasteiger partial charge in [-0.15, -0.1) is 0 Å². The van der Waals surface area contributed by atoms with E-state index in [-0.39, 0.29) is 6.10 Å². The molecule has 4 nitrogen and oxygen atoms in total. The molecule has 1 aromatic carbocycles. The molecule has 0 bridgehead atoms. The van der Waals surface area contributed by atoms with Crippen molar-refractivity contribution in [2.24, 2.45) is 5.92 Å². The molecule has 0 aromatic heterocycles. The van der Waals surface area contributed by atoms with Gasteiger partial charge in [-0.3, -0.25) is 9.69 Å². The summed E-state index contributed by atoms with van der Waals surface area (Å²) in [5.74, 6) is 0.500. The van der Waals surface area contributed by atoms with Crippen molar-refractivity contribution in [3.05, 3.63) is 29.8 Å². The zero-order chi connectivity index (χ0) is 15.4. The van der Waals surface area contributed by atoms with E-state index >= 15 is 0 Å². The van der Waals surface area contributed by atoms with Gasteiger partial charge in [0, 0.05) is 6.54 Å². The SMILES string of the molecule is CC1CCCN(C(C(=O)O)c2cccc(OC(C)C)c2)C1. The molecule has 1 fully saturated rings. The molecule has 1 aromatic rings. The Morgan fingerprint density at radius 3 is 2.81 bits per heavy atom. The Bertz CT molecular complexity index is 487. The molecule has 4 heteroatoms. The van der Waals surface area contributed by atoms with Gasteiger partial charge in [-0.2, -0.15) is 0 Å². The zero-order valence-electron chi connectivity index (χ0n) is 13.1. The van der Waals surface area contributed by atoms with Crippen molar-refractivity contribution in [1.82, 2.24) is 4.90 Å². The maximum Gasteiger partial charge on any atom is 0.325 e. The summed E-state index contributed by atoms with van der Waals surface area (Å²) in [5, 5.41) is 9.66. The van der Waals surface area contributed by atoms with Gasteiger partial charge in [0.05, 0.1) is 6.10 Å². The van der Waals surface area contributed by atoms with Crippen molar-refractivity contribution in [1.29, 1.82) is 0 Å². The summed E-state index contributed by atoms with van der Waals surface area (Å²) in [5.41, 5.74) is 0.801. The van der Waals surface area contributed by atoms with Gasteiger partial charge in [-0.25, -0.2) is 0 Å². The Labute approximate surface area is 126 Å². The van der Waals surface area contributed by atoms with E-state index in [1.54, 1.807) is 0 Å². The third kappa shape index (κ3) is 4.21. The van der Waals surface area contributed by atoms with E-state index < -0.39 is 12.0 Å². The molecule has 1 aliphatic rings. The third-order valence-electron chi connectivity index (χ3n) is 3.83. The smallest absolute Gasteiger partial charge is 0.325 e. The third-order valence-corrected chi connectivity index (χ3v) is 3.83. The van der Waals surface area contributed by atoms with Gasteiger partial charge < -0.3 is 9.84 Å². The molecule has 0 spiro atoms. The second-order valence-electron chi connectivity index (χ2n) is 6.22. The fourth-order valence-electron chi connectivity index (χ4n) is 3.00. The predicted octanol–water partition coefficient (Wildman–Crippen LogP) is 3.33. The number of ether oxygens (including phenoxy) is 1. The van der Waals surface area contributed by atoms with E-state index in [2.05, 4.69) is 11.8 Å². The fraction of sp³-hybridized carbons (Fsp3) is 0.588. The van der Waals surface area contributed by atoms with Crippen molar-refractivity contribution in [3.63, 3.8) is 0 Å². The number of hydrogen-bond acceptors (Lipinski definition) is 3. The molecule has 0 aliphatic carbocycles. The Morgan fingerprint density at radius 1 is 1.43 bits per heavy atom. The summed E-state index contributed by atoms with van der Waals surface area (Å²) < 4.78 is 5.68. The molecule has 1 saturated heterocycles. The molecule has 0 saturated carbocycles. The molecule has 2 unspecified atom stereocenters. The van der Waals surface area contributed by atoms with Crippen LogP contribution in [0.5, 0.6) is 5.75 Å². The molecule has 2 atom stereocenters. The number of nitrogens with zero attached hydrogens (tertiary/aromatic N) is 1. The van der Waals surface area contributed by atoms with Crippen LogP contribution in [-0.2, 0) is 4.79 Å². The molecule has 0 amide bonds. The fourth-order valence-corrected chi connectivity index (χ4v) is 3.00. The monoisotopic (exact) mass is 291 g/mol. The van der Waals surface area contributed by atoms with Crippen molar-refractivity contribution < 1.29 is 14.6 Å². The first-order valence-electron chi connectivity index (χ1n) is 7.71. The number of hydrogen-bond donors (Lipinski definition) is 1. The van der Waals surface area contributed by atoms with Gasteiger partial charge in [0.1, 0.15) is 11.8 Å². The topological polar surface area (TPSA) is 49.8 Å². The Hall–Kier alpha value is -1.55. The van der Waals surface area contributed by atoms with Crippen molar-refractivity contribution >= 4 is 5.97 Å². The largest absolute Gasteiger partial charge is 0.491 e. The molecule has 1 aliphatic heterocycles. The number of carbonyl (C=O) groups is 1. The summed E-state index contributed by atoms with van der Waals surface area (Å²) in [6.45, 7) is 7.80. The molecule has 1 N–H and O–H groups in total. The second-order valence-corrected chi connectivity index (χ2v) is 6.22. The van der Waals surface area contributed by atoms with E-state index in [0.29, 0.717) is 5.92 Å². The van der Waals surface area contributed by atoms with Crippen LogP contribution in [0.25, 0.3) is 0 Å². The summed E-state index contributed by atoms with van der Waals surface area (Å²) in [6, 6.07) is 6.91. The van der Waals surface area contributed by atoms with Gasteiger partial charge in [-0.1, -0.05) is 19.1 Å². The Morgan fingerprint density at radius 2 is 2.19 bits per heavy atom. The van der Waals surface area contributed by atoms with Crippen LogP contribution in [0.3, 0.4) is 0 Å². The summed E-state index contributed by atoms with van der Waals surface area (Å²) in [6.07, 6.45) is 2.32. The number of benzene rings is 1. The van der Waals surface area contributed by atoms with E-state index in [1.807, 2.05) is 38.1 Å². The van der Waals surface area contributed by atoms with Gasteiger partial charge in [0.2, 0.25) is 0 Å². The van der Waals surface area contributed by atoms with E-state index in [4.69, 9.17) is 4.74 Å². The Kier molecular flexibility index (Phi) is 5.23. The van der Waals surface area contributed by atoms with Gasteiger partial charge in [-0.05, 0) is 56.8 Å². The maximum atomic E-state index is 11.8. The maximum absolute atomic E-state index is 11.8. The minimum Gasteiger partial charge on any atom is -0.491 e.